The minimum atomic E-state index is -3.53. The highest BCUT2D eigenvalue weighted by Crippen LogP contribution is 2.29. The van der Waals surface area contributed by atoms with E-state index in [4.69, 9.17) is 4.74 Å². The second-order valence-corrected chi connectivity index (χ2v) is 11.4. The van der Waals surface area contributed by atoms with Crippen molar-refractivity contribution in [1.29, 1.82) is 0 Å². The summed E-state index contributed by atoms with van der Waals surface area (Å²) in [4.78, 5) is 17.5. The standard InChI is InChI=1S/C30H33N3O4S/c34-29(16-13-25-11-14-28(15-12-25)38(35,36)33-21-23-37-24-22-33)31-17-19-32(20-18-31)30(26-7-3-1-4-8-26)27-9-5-2-6-10-27/h1-16,30H,17-24H2. The largest absolute Gasteiger partial charge is 0.379 e. The molecule has 0 unspecified atom stereocenters. The van der Waals surface area contributed by atoms with Crippen LogP contribution in [0.1, 0.15) is 22.7 Å². The molecule has 38 heavy (non-hydrogen) atoms. The molecule has 2 saturated heterocycles. The van der Waals surface area contributed by atoms with E-state index in [2.05, 4.69) is 53.4 Å². The van der Waals surface area contributed by atoms with Gasteiger partial charge in [-0.1, -0.05) is 72.8 Å². The van der Waals surface area contributed by atoms with E-state index in [9.17, 15) is 13.2 Å². The van der Waals surface area contributed by atoms with E-state index in [1.807, 2.05) is 17.0 Å². The number of piperazine rings is 1. The Kier molecular flexibility index (Phi) is 8.34. The summed E-state index contributed by atoms with van der Waals surface area (Å²) in [5.41, 5.74) is 3.28. The molecule has 3 aromatic rings. The Morgan fingerprint density at radius 2 is 1.29 bits per heavy atom. The van der Waals surface area contributed by atoms with Gasteiger partial charge in [0.05, 0.1) is 24.2 Å². The second-order valence-electron chi connectivity index (χ2n) is 9.50. The summed E-state index contributed by atoms with van der Waals surface area (Å²) in [7, 11) is -3.53. The predicted octanol–water partition coefficient (Wildman–Crippen LogP) is 3.65. The Morgan fingerprint density at radius 3 is 1.84 bits per heavy atom. The molecule has 0 aliphatic carbocycles. The minimum absolute atomic E-state index is 0.0364. The number of amides is 1. The van der Waals surface area contributed by atoms with Crippen LogP contribution in [0.5, 0.6) is 0 Å². The molecule has 5 rings (SSSR count). The molecule has 1 amide bonds. The molecule has 7 nitrogen and oxygen atoms in total. The molecule has 3 aromatic carbocycles. The van der Waals surface area contributed by atoms with Crippen LogP contribution in [0.2, 0.25) is 0 Å². The topological polar surface area (TPSA) is 70.2 Å². The lowest BCUT2D eigenvalue weighted by atomic mass is 9.96. The van der Waals surface area contributed by atoms with Crippen molar-refractivity contribution in [3.8, 4) is 0 Å². The number of hydrogen-bond acceptors (Lipinski definition) is 5. The Labute approximate surface area is 225 Å². The van der Waals surface area contributed by atoms with E-state index in [-0.39, 0.29) is 16.8 Å². The van der Waals surface area contributed by atoms with Gasteiger partial charge in [0.25, 0.3) is 0 Å². The van der Waals surface area contributed by atoms with Gasteiger partial charge in [0.2, 0.25) is 15.9 Å². The van der Waals surface area contributed by atoms with E-state index in [0.29, 0.717) is 39.4 Å². The highest BCUT2D eigenvalue weighted by atomic mass is 32.2. The number of carbonyl (C=O) groups excluding carboxylic acids is 1. The molecule has 198 valence electrons. The van der Waals surface area contributed by atoms with Crippen molar-refractivity contribution in [1.82, 2.24) is 14.1 Å². The summed E-state index contributed by atoms with van der Waals surface area (Å²) in [5, 5.41) is 0. The monoisotopic (exact) mass is 531 g/mol. The Bertz CT molecular complexity index is 1290. The summed E-state index contributed by atoms with van der Waals surface area (Å²) < 4.78 is 32.3. The molecular formula is C30H33N3O4S. The number of carbonyl (C=O) groups is 1. The number of rotatable bonds is 7. The van der Waals surface area contributed by atoms with Crippen molar-refractivity contribution < 1.29 is 17.9 Å². The van der Waals surface area contributed by atoms with Gasteiger partial charge in [0.15, 0.2) is 0 Å². The van der Waals surface area contributed by atoms with Crippen LogP contribution in [0, 0.1) is 0 Å². The Hall–Kier alpha value is -3.30. The number of ether oxygens (including phenoxy) is 1. The summed E-state index contributed by atoms with van der Waals surface area (Å²) in [5.74, 6) is -0.0364. The van der Waals surface area contributed by atoms with Crippen LogP contribution in [0.3, 0.4) is 0 Å². The SMILES string of the molecule is O=C(C=Cc1ccc(S(=O)(=O)N2CCOCC2)cc1)N1CCN(C(c2ccccc2)c2ccccc2)CC1. The minimum Gasteiger partial charge on any atom is -0.379 e. The van der Waals surface area contributed by atoms with Gasteiger partial charge in [0, 0.05) is 45.3 Å². The number of benzene rings is 3. The van der Waals surface area contributed by atoms with E-state index >= 15 is 0 Å². The smallest absolute Gasteiger partial charge is 0.246 e. The summed E-state index contributed by atoms with van der Waals surface area (Å²) in [6, 6.07) is 27.8. The van der Waals surface area contributed by atoms with Gasteiger partial charge in [-0.3, -0.25) is 9.69 Å². The van der Waals surface area contributed by atoms with Crippen molar-refractivity contribution in [2.24, 2.45) is 0 Å². The average Bonchev–Trinajstić information content (AvgIpc) is 2.98. The van der Waals surface area contributed by atoms with Gasteiger partial charge in [-0.25, -0.2) is 8.42 Å². The average molecular weight is 532 g/mol. The maximum absolute atomic E-state index is 12.9. The lowest BCUT2D eigenvalue weighted by molar-refractivity contribution is -0.127. The van der Waals surface area contributed by atoms with Gasteiger partial charge in [-0.2, -0.15) is 4.31 Å². The fourth-order valence-corrected chi connectivity index (χ4v) is 6.45. The van der Waals surface area contributed by atoms with E-state index in [1.165, 1.54) is 15.4 Å². The van der Waals surface area contributed by atoms with Crippen molar-refractivity contribution in [2.75, 3.05) is 52.5 Å². The highest BCUT2D eigenvalue weighted by Gasteiger charge is 2.28. The van der Waals surface area contributed by atoms with Crippen molar-refractivity contribution in [3.63, 3.8) is 0 Å². The van der Waals surface area contributed by atoms with Crippen LogP contribution in [0.25, 0.3) is 6.08 Å². The van der Waals surface area contributed by atoms with Crippen LogP contribution < -0.4 is 0 Å². The zero-order valence-electron chi connectivity index (χ0n) is 21.4. The van der Waals surface area contributed by atoms with E-state index in [1.54, 1.807) is 36.4 Å². The molecule has 0 N–H and O–H groups in total. The maximum Gasteiger partial charge on any atom is 0.246 e. The van der Waals surface area contributed by atoms with Crippen LogP contribution in [0.15, 0.2) is 95.9 Å². The molecular weight excluding hydrogens is 498 g/mol. The van der Waals surface area contributed by atoms with Gasteiger partial charge in [0.1, 0.15) is 0 Å². The fraction of sp³-hybridized carbons (Fsp3) is 0.300. The molecule has 0 radical (unpaired) electrons. The summed E-state index contributed by atoms with van der Waals surface area (Å²) in [6.07, 6.45) is 3.32. The number of sulfonamides is 1. The number of nitrogens with zero attached hydrogens (tertiary/aromatic N) is 3. The zero-order valence-corrected chi connectivity index (χ0v) is 22.2. The molecule has 2 heterocycles. The molecule has 0 atom stereocenters. The van der Waals surface area contributed by atoms with Crippen LogP contribution >= 0.6 is 0 Å². The van der Waals surface area contributed by atoms with Gasteiger partial charge < -0.3 is 9.64 Å². The molecule has 2 aliphatic rings. The zero-order chi connectivity index (χ0) is 26.4. The molecule has 2 aliphatic heterocycles. The Balaban J connectivity index is 1.20. The first kappa shape index (κ1) is 26.3. The van der Waals surface area contributed by atoms with E-state index < -0.39 is 10.0 Å². The number of hydrogen-bond donors (Lipinski definition) is 0. The lowest BCUT2D eigenvalue weighted by Crippen LogP contribution is -2.49. The van der Waals surface area contributed by atoms with Gasteiger partial charge in [-0.05, 0) is 34.9 Å². The fourth-order valence-electron chi connectivity index (χ4n) is 5.05. The van der Waals surface area contributed by atoms with Crippen molar-refractivity contribution in [2.45, 2.75) is 10.9 Å². The van der Waals surface area contributed by atoms with Crippen LogP contribution in [-0.4, -0.2) is 80.9 Å². The first-order chi connectivity index (χ1) is 18.5. The van der Waals surface area contributed by atoms with Gasteiger partial charge >= 0.3 is 0 Å². The lowest BCUT2D eigenvalue weighted by Gasteiger charge is -2.39. The van der Waals surface area contributed by atoms with E-state index in [0.717, 1.165) is 18.7 Å². The molecule has 0 aromatic heterocycles. The molecule has 2 fully saturated rings. The second kappa shape index (κ2) is 12.0. The predicted molar refractivity (Wildman–Crippen MR) is 148 cm³/mol. The molecule has 8 heteroatoms. The molecule has 0 saturated carbocycles. The summed E-state index contributed by atoms with van der Waals surface area (Å²) >= 11 is 0. The quantitative estimate of drug-likeness (QED) is 0.436. The first-order valence-electron chi connectivity index (χ1n) is 13.0. The third kappa shape index (κ3) is 6.05. The molecule has 0 bridgehead atoms. The molecule has 0 spiro atoms. The normalized spacial score (nSPS) is 17.8. The Morgan fingerprint density at radius 1 is 0.737 bits per heavy atom. The summed E-state index contributed by atoms with van der Waals surface area (Å²) in [6.45, 7) is 4.41. The first-order valence-corrected chi connectivity index (χ1v) is 14.5. The third-order valence-corrected chi connectivity index (χ3v) is 9.04. The number of morpholine rings is 1. The van der Waals surface area contributed by atoms with Gasteiger partial charge in [-0.15, -0.1) is 0 Å². The maximum atomic E-state index is 12.9. The van der Waals surface area contributed by atoms with Crippen molar-refractivity contribution in [3.05, 3.63) is 108 Å². The van der Waals surface area contributed by atoms with Crippen molar-refractivity contribution >= 4 is 22.0 Å². The van der Waals surface area contributed by atoms with Crippen LogP contribution in [-0.2, 0) is 19.6 Å². The third-order valence-electron chi connectivity index (χ3n) is 7.13. The highest BCUT2D eigenvalue weighted by molar-refractivity contribution is 7.89. The van der Waals surface area contributed by atoms with Crippen LogP contribution in [0.4, 0.5) is 0 Å².